The van der Waals surface area contributed by atoms with E-state index in [0.29, 0.717) is 0 Å². The van der Waals surface area contributed by atoms with Gasteiger partial charge in [0.2, 0.25) is 0 Å². The number of ether oxygens (including phenoxy) is 1. The highest BCUT2D eigenvalue weighted by atomic mass is 32.2. The van der Waals surface area contributed by atoms with E-state index in [1.807, 2.05) is 23.9 Å². The fourth-order valence-electron chi connectivity index (χ4n) is 2.21. The van der Waals surface area contributed by atoms with Crippen LogP contribution >= 0.6 is 11.8 Å². The quantitative estimate of drug-likeness (QED) is 0.896. The van der Waals surface area contributed by atoms with E-state index in [-0.39, 0.29) is 0 Å². The fourth-order valence-corrected chi connectivity index (χ4v) is 3.11. The summed E-state index contributed by atoms with van der Waals surface area (Å²) in [5, 5.41) is 9.94. The van der Waals surface area contributed by atoms with Gasteiger partial charge in [0.25, 0.3) is 0 Å². The minimum absolute atomic E-state index is 0.504. The van der Waals surface area contributed by atoms with Gasteiger partial charge in [-0.15, -0.1) is 0 Å². The van der Waals surface area contributed by atoms with Gasteiger partial charge in [-0.05, 0) is 19.1 Å². The molecule has 0 aromatic heterocycles. The zero-order valence-electron chi connectivity index (χ0n) is 10.3. The Morgan fingerprint density at radius 2 is 2.06 bits per heavy atom. The van der Waals surface area contributed by atoms with Crippen molar-refractivity contribution >= 4 is 17.4 Å². The molecule has 0 amide bonds. The number of rotatable bonds is 3. The number of benzene rings is 1. The molecule has 94 valence electrons. The zero-order valence-corrected chi connectivity index (χ0v) is 11.2. The number of hydrogen-bond acceptors (Lipinski definition) is 4. The van der Waals surface area contributed by atoms with Gasteiger partial charge in [0.05, 0.1) is 13.2 Å². The van der Waals surface area contributed by atoms with E-state index in [0.717, 1.165) is 41.6 Å². The lowest BCUT2D eigenvalue weighted by molar-refractivity contribution is 0.194. The number of methoxy groups -OCH3 is 1. The van der Waals surface area contributed by atoms with Crippen molar-refractivity contribution in [2.45, 2.75) is 13.0 Å². The first-order chi connectivity index (χ1) is 8.24. The minimum atomic E-state index is -0.504. The van der Waals surface area contributed by atoms with Crippen molar-refractivity contribution < 1.29 is 9.84 Å². The standard InChI is InChI=1S/C13H19NO2S/c1-10(15)13-11(4-3-5-12(13)16-2)14-6-8-17-9-7-14/h3-5,10,15H,6-9H2,1-2H3/t10-/m1/s1. The van der Waals surface area contributed by atoms with Gasteiger partial charge in [-0.1, -0.05) is 6.07 Å². The molecule has 1 N–H and O–H groups in total. The van der Waals surface area contributed by atoms with Gasteiger partial charge in [-0.25, -0.2) is 0 Å². The maximum atomic E-state index is 9.94. The third kappa shape index (κ3) is 2.69. The highest BCUT2D eigenvalue weighted by Crippen LogP contribution is 2.35. The second-order valence-electron chi connectivity index (χ2n) is 4.17. The molecule has 0 unspecified atom stereocenters. The van der Waals surface area contributed by atoms with Crippen molar-refractivity contribution in [1.82, 2.24) is 0 Å². The van der Waals surface area contributed by atoms with E-state index in [1.165, 1.54) is 0 Å². The van der Waals surface area contributed by atoms with Crippen LogP contribution in [0.15, 0.2) is 18.2 Å². The molecule has 1 aliphatic rings. The van der Waals surface area contributed by atoms with Gasteiger partial charge >= 0.3 is 0 Å². The van der Waals surface area contributed by atoms with Crippen LogP contribution in [0.1, 0.15) is 18.6 Å². The summed E-state index contributed by atoms with van der Waals surface area (Å²) in [4.78, 5) is 2.33. The number of aliphatic hydroxyl groups excluding tert-OH is 1. The van der Waals surface area contributed by atoms with Crippen molar-refractivity contribution in [3.05, 3.63) is 23.8 Å². The Kier molecular flexibility index (Phi) is 4.18. The predicted octanol–water partition coefficient (Wildman–Crippen LogP) is 2.30. The topological polar surface area (TPSA) is 32.7 Å². The van der Waals surface area contributed by atoms with Crippen LogP contribution in [-0.2, 0) is 0 Å². The molecule has 1 aromatic carbocycles. The molecule has 1 saturated heterocycles. The average molecular weight is 253 g/mol. The second-order valence-corrected chi connectivity index (χ2v) is 5.39. The number of nitrogens with zero attached hydrogens (tertiary/aromatic N) is 1. The smallest absolute Gasteiger partial charge is 0.126 e. The molecule has 0 spiro atoms. The maximum Gasteiger partial charge on any atom is 0.126 e. The molecule has 1 aliphatic heterocycles. The molecule has 1 aromatic rings. The van der Waals surface area contributed by atoms with Crippen LogP contribution in [0.5, 0.6) is 5.75 Å². The highest BCUT2D eigenvalue weighted by molar-refractivity contribution is 7.99. The first-order valence-electron chi connectivity index (χ1n) is 5.91. The molecule has 1 fully saturated rings. The molecule has 4 heteroatoms. The SMILES string of the molecule is COc1cccc(N2CCSCC2)c1[C@@H](C)O. The summed E-state index contributed by atoms with van der Waals surface area (Å²) in [6.45, 7) is 3.87. The molecule has 2 rings (SSSR count). The first-order valence-corrected chi connectivity index (χ1v) is 7.07. The van der Waals surface area contributed by atoms with E-state index in [4.69, 9.17) is 4.74 Å². The van der Waals surface area contributed by atoms with Gasteiger partial charge in [0, 0.05) is 35.8 Å². The Hall–Kier alpha value is -0.870. The number of thioether (sulfide) groups is 1. The third-order valence-corrected chi connectivity index (χ3v) is 3.98. The molecular formula is C13H19NO2S. The van der Waals surface area contributed by atoms with E-state index in [2.05, 4.69) is 11.0 Å². The highest BCUT2D eigenvalue weighted by Gasteiger charge is 2.20. The molecule has 1 atom stereocenters. The van der Waals surface area contributed by atoms with E-state index in [1.54, 1.807) is 14.0 Å². The Bertz CT molecular complexity index is 376. The lowest BCUT2D eigenvalue weighted by Crippen LogP contribution is -2.33. The summed E-state index contributed by atoms with van der Waals surface area (Å²) in [6, 6.07) is 5.96. The van der Waals surface area contributed by atoms with Crippen LogP contribution in [0.25, 0.3) is 0 Å². The van der Waals surface area contributed by atoms with Crippen LogP contribution in [0.2, 0.25) is 0 Å². The van der Waals surface area contributed by atoms with Gasteiger partial charge in [-0.3, -0.25) is 0 Å². The number of aliphatic hydroxyl groups is 1. The monoisotopic (exact) mass is 253 g/mol. The van der Waals surface area contributed by atoms with Crippen LogP contribution in [0, 0.1) is 0 Å². The third-order valence-electron chi connectivity index (χ3n) is 3.03. The van der Waals surface area contributed by atoms with Crippen molar-refractivity contribution in [2.75, 3.05) is 36.6 Å². The molecule has 1 heterocycles. The van der Waals surface area contributed by atoms with Crippen LogP contribution in [0.4, 0.5) is 5.69 Å². The lowest BCUT2D eigenvalue weighted by Gasteiger charge is -2.31. The van der Waals surface area contributed by atoms with Crippen LogP contribution < -0.4 is 9.64 Å². The summed E-state index contributed by atoms with van der Waals surface area (Å²) in [7, 11) is 1.65. The molecule has 0 radical (unpaired) electrons. The summed E-state index contributed by atoms with van der Waals surface area (Å²) >= 11 is 1.98. The van der Waals surface area contributed by atoms with Crippen molar-refractivity contribution in [3.8, 4) is 5.75 Å². The minimum Gasteiger partial charge on any atom is -0.496 e. The largest absolute Gasteiger partial charge is 0.496 e. The zero-order chi connectivity index (χ0) is 12.3. The molecule has 0 aliphatic carbocycles. The van der Waals surface area contributed by atoms with Crippen molar-refractivity contribution in [2.24, 2.45) is 0 Å². The Balaban J connectivity index is 2.37. The van der Waals surface area contributed by atoms with Crippen LogP contribution in [0.3, 0.4) is 0 Å². The van der Waals surface area contributed by atoms with E-state index < -0.39 is 6.10 Å². The van der Waals surface area contributed by atoms with Gasteiger partial charge in [0.1, 0.15) is 5.75 Å². The van der Waals surface area contributed by atoms with Crippen molar-refractivity contribution in [1.29, 1.82) is 0 Å². The predicted molar refractivity (Wildman–Crippen MR) is 73.2 cm³/mol. The normalized spacial score (nSPS) is 17.9. The summed E-state index contributed by atoms with van der Waals surface area (Å²) in [6.07, 6.45) is -0.504. The summed E-state index contributed by atoms with van der Waals surface area (Å²) in [5.41, 5.74) is 2.02. The molecule has 17 heavy (non-hydrogen) atoms. The number of hydrogen-bond donors (Lipinski definition) is 1. The Morgan fingerprint density at radius 3 is 2.65 bits per heavy atom. The first kappa shape index (κ1) is 12.6. The van der Waals surface area contributed by atoms with Gasteiger partial charge in [-0.2, -0.15) is 11.8 Å². The molecule has 0 bridgehead atoms. The van der Waals surface area contributed by atoms with Gasteiger partial charge < -0.3 is 14.7 Å². The summed E-state index contributed by atoms with van der Waals surface area (Å²) < 4.78 is 5.35. The summed E-state index contributed by atoms with van der Waals surface area (Å²) in [5.74, 6) is 3.07. The van der Waals surface area contributed by atoms with Crippen molar-refractivity contribution in [3.63, 3.8) is 0 Å². The molecule has 0 saturated carbocycles. The van der Waals surface area contributed by atoms with E-state index >= 15 is 0 Å². The maximum absolute atomic E-state index is 9.94. The molecule has 3 nitrogen and oxygen atoms in total. The lowest BCUT2D eigenvalue weighted by atomic mass is 10.1. The fraction of sp³-hybridized carbons (Fsp3) is 0.538. The second kappa shape index (κ2) is 5.65. The Labute approximate surface area is 107 Å². The van der Waals surface area contributed by atoms with Gasteiger partial charge in [0.15, 0.2) is 0 Å². The van der Waals surface area contributed by atoms with Crippen LogP contribution in [-0.4, -0.2) is 36.8 Å². The Morgan fingerprint density at radius 1 is 1.35 bits per heavy atom. The average Bonchev–Trinajstić information content (AvgIpc) is 2.38. The van der Waals surface area contributed by atoms with E-state index in [9.17, 15) is 5.11 Å². The number of anilines is 1. The molecular weight excluding hydrogens is 234 g/mol.